The van der Waals surface area contributed by atoms with E-state index in [0.29, 0.717) is 5.56 Å². The topological polar surface area (TPSA) is 72.9 Å². The zero-order valence-electron chi connectivity index (χ0n) is 11.1. The number of carbonyl (C=O) groups is 2. The maximum atomic E-state index is 12.3. The minimum absolute atomic E-state index is 0.117. The quantitative estimate of drug-likeness (QED) is 0.887. The molecule has 0 bridgehead atoms. The summed E-state index contributed by atoms with van der Waals surface area (Å²) in [6.07, 6.45) is -1.27. The SMILES string of the molecule is O=C(O)NN1CN(c2ccccc2)c2ccccc2C1=O. The Balaban J connectivity index is 2.06. The highest BCUT2D eigenvalue weighted by Crippen LogP contribution is 2.32. The zero-order valence-corrected chi connectivity index (χ0v) is 11.1. The highest BCUT2D eigenvalue weighted by molar-refractivity contribution is 6.03. The number of benzene rings is 2. The Labute approximate surface area is 121 Å². The number of fused-ring (bicyclic) bond motifs is 1. The molecule has 2 aromatic rings. The van der Waals surface area contributed by atoms with Gasteiger partial charge in [-0.2, -0.15) is 0 Å². The van der Waals surface area contributed by atoms with Gasteiger partial charge in [0.25, 0.3) is 5.91 Å². The number of hydrogen-bond acceptors (Lipinski definition) is 3. The summed E-state index contributed by atoms with van der Waals surface area (Å²) in [7, 11) is 0. The van der Waals surface area contributed by atoms with E-state index in [-0.39, 0.29) is 12.6 Å². The second-order valence-electron chi connectivity index (χ2n) is 4.57. The van der Waals surface area contributed by atoms with Crippen molar-refractivity contribution in [1.82, 2.24) is 10.4 Å². The van der Waals surface area contributed by atoms with Crippen molar-refractivity contribution in [2.24, 2.45) is 0 Å². The minimum atomic E-state index is -1.27. The van der Waals surface area contributed by atoms with Crippen LogP contribution in [0, 0.1) is 0 Å². The van der Waals surface area contributed by atoms with Crippen LogP contribution in [-0.4, -0.2) is 28.8 Å². The first-order valence-electron chi connectivity index (χ1n) is 6.40. The van der Waals surface area contributed by atoms with Gasteiger partial charge in [0.2, 0.25) is 0 Å². The van der Waals surface area contributed by atoms with Crippen molar-refractivity contribution in [1.29, 1.82) is 0 Å². The molecule has 0 radical (unpaired) electrons. The Bertz CT molecular complexity index is 688. The Morgan fingerprint density at radius 1 is 1.05 bits per heavy atom. The number of nitrogens with one attached hydrogen (secondary N) is 1. The lowest BCUT2D eigenvalue weighted by Crippen LogP contribution is -2.53. The van der Waals surface area contributed by atoms with Crippen molar-refractivity contribution in [3.63, 3.8) is 0 Å². The number of carbonyl (C=O) groups excluding carboxylic acids is 1. The molecule has 0 aromatic heterocycles. The third-order valence-electron chi connectivity index (χ3n) is 3.25. The van der Waals surface area contributed by atoms with E-state index in [2.05, 4.69) is 5.43 Å². The number of anilines is 2. The van der Waals surface area contributed by atoms with Crippen molar-refractivity contribution >= 4 is 23.4 Å². The van der Waals surface area contributed by atoms with E-state index in [0.717, 1.165) is 16.4 Å². The van der Waals surface area contributed by atoms with E-state index in [1.165, 1.54) is 0 Å². The average Bonchev–Trinajstić information content (AvgIpc) is 2.51. The van der Waals surface area contributed by atoms with Crippen molar-refractivity contribution < 1.29 is 14.7 Å². The lowest BCUT2D eigenvalue weighted by Gasteiger charge is -2.37. The van der Waals surface area contributed by atoms with Crippen LogP contribution in [0.3, 0.4) is 0 Å². The standard InChI is InChI=1S/C15H13N3O3/c19-14-12-8-4-5-9-13(12)17(10-18(14)16-15(20)21)11-6-2-1-3-7-11/h1-9,16H,10H2,(H,20,21). The van der Waals surface area contributed by atoms with Gasteiger partial charge in [-0.15, -0.1) is 0 Å². The van der Waals surface area contributed by atoms with Crippen LogP contribution in [0.1, 0.15) is 10.4 Å². The third-order valence-corrected chi connectivity index (χ3v) is 3.25. The Kier molecular flexibility index (Phi) is 3.19. The van der Waals surface area contributed by atoms with Crippen LogP contribution in [0.5, 0.6) is 0 Å². The number of para-hydroxylation sites is 2. The summed E-state index contributed by atoms with van der Waals surface area (Å²) in [6, 6.07) is 16.6. The fraction of sp³-hybridized carbons (Fsp3) is 0.0667. The first-order chi connectivity index (χ1) is 10.2. The maximum absolute atomic E-state index is 12.3. The molecule has 2 N–H and O–H groups in total. The van der Waals surface area contributed by atoms with Crippen LogP contribution in [0.4, 0.5) is 16.2 Å². The lowest BCUT2D eigenvalue weighted by atomic mass is 10.1. The molecule has 0 aliphatic carbocycles. The molecule has 21 heavy (non-hydrogen) atoms. The van der Waals surface area contributed by atoms with Crippen LogP contribution in [0.15, 0.2) is 54.6 Å². The first kappa shape index (κ1) is 13.0. The van der Waals surface area contributed by atoms with Gasteiger partial charge >= 0.3 is 6.09 Å². The van der Waals surface area contributed by atoms with Gasteiger partial charge in [-0.3, -0.25) is 4.79 Å². The van der Waals surface area contributed by atoms with Gasteiger partial charge in [0.15, 0.2) is 0 Å². The molecule has 1 aliphatic rings. The van der Waals surface area contributed by atoms with Gasteiger partial charge in [-0.25, -0.2) is 15.2 Å². The maximum Gasteiger partial charge on any atom is 0.423 e. The van der Waals surface area contributed by atoms with Crippen molar-refractivity contribution in [2.75, 3.05) is 11.6 Å². The molecule has 6 heteroatoms. The van der Waals surface area contributed by atoms with Crippen LogP contribution in [0.2, 0.25) is 0 Å². The second kappa shape index (κ2) is 5.16. The fourth-order valence-electron chi connectivity index (χ4n) is 2.35. The molecular weight excluding hydrogens is 270 g/mol. The summed E-state index contributed by atoms with van der Waals surface area (Å²) in [5.74, 6) is -0.361. The van der Waals surface area contributed by atoms with E-state index in [1.54, 1.807) is 12.1 Å². The number of amides is 2. The van der Waals surface area contributed by atoms with Crippen LogP contribution < -0.4 is 10.3 Å². The highest BCUT2D eigenvalue weighted by atomic mass is 16.4. The second-order valence-corrected chi connectivity index (χ2v) is 4.57. The van der Waals surface area contributed by atoms with E-state index < -0.39 is 6.09 Å². The van der Waals surface area contributed by atoms with E-state index >= 15 is 0 Å². The first-order valence-corrected chi connectivity index (χ1v) is 6.40. The van der Waals surface area contributed by atoms with Crippen molar-refractivity contribution in [2.45, 2.75) is 0 Å². The van der Waals surface area contributed by atoms with Crippen molar-refractivity contribution in [3.05, 3.63) is 60.2 Å². The summed E-state index contributed by atoms with van der Waals surface area (Å²) in [4.78, 5) is 25.0. The molecule has 0 unspecified atom stereocenters. The molecule has 0 saturated heterocycles. The van der Waals surface area contributed by atoms with E-state index in [1.807, 2.05) is 47.4 Å². The largest absolute Gasteiger partial charge is 0.464 e. The Morgan fingerprint density at radius 2 is 1.71 bits per heavy atom. The summed E-state index contributed by atoms with van der Waals surface area (Å²) < 4.78 is 0. The normalized spacial score (nSPS) is 13.8. The molecule has 106 valence electrons. The smallest absolute Gasteiger partial charge is 0.423 e. The number of hydrazine groups is 1. The molecule has 1 aliphatic heterocycles. The Morgan fingerprint density at radius 3 is 2.43 bits per heavy atom. The van der Waals surface area contributed by atoms with Gasteiger partial charge < -0.3 is 10.0 Å². The summed E-state index contributed by atoms with van der Waals surface area (Å²) >= 11 is 0. The molecule has 2 amide bonds. The van der Waals surface area contributed by atoms with Gasteiger partial charge in [0.1, 0.15) is 6.67 Å². The average molecular weight is 283 g/mol. The molecular formula is C15H13N3O3. The number of hydrogen-bond donors (Lipinski definition) is 2. The molecule has 0 saturated carbocycles. The molecule has 6 nitrogen and oxygen atoms in total. The Hall–Kier alpha value is -3.02. The summed E-state index contributed by atoms with van der Waals surface area (Å²) in [5.41, 5.74) is 4.24. The highest BCUT2D eigenvalue weighted by Gasteiger charge is 2.30. The minimum Gasteiger partial charge on any atom is -0.464 e. The molecule has 3 rings (SSSR count). The predicted octanol–water partition coefficient (Wildman–Crippen LogP) is 2.42. The van der Waals surface area contributed by atoms with Gasteiger partial charge in [-0.1, -0.05) is 30.3 Å². The molecule has 2 aromatic carbocycles. The van der Waals surface area contributed by atoms with Gasteiger partial charge in [0.05, 0.1) is 11.3 Å². The zero-order chi connectivity index (χ0) is 14.8. The third kappa shape index (κ3) is 2.38. The summed E-state index contributed by atoms with van der Waals surface area (Å²) in [6.45, 7) is 0.117. The molecule has 1 heterocycles. The predicted molar refractivity (Wildman–Crippen MR) is 77.2 cm³/mol. The van der Waals surface area contributed by atoms with Gasteiger partial charge in [-0.05, 0) is 24.3 Å². The van der Waals surface area contributed by atoms with E-state index in [4.69, 9.17) is 5.11 Å². The van der Waals surface area contributed by atoms with Crippen LogP contribution >= 0.6 is 0 Å². The van der Waals surface area contributed by atoms with Crippen LogP contribution in [-0.2, 0) is 0 Å². The molecule has 0 spiro atoms. The number of rotatable bonds is 2. The molecule has 0 fully saturated rings. The number of carboxylic acid groups (broad SMARTS) is 1. The van der Waals surface area contributed by atoms with E-state index in [9.17, 15) is 9.59 Å². The van der Waals surface area contributed by atoms with Gasteiger partial charge in [0, 0.05) is 5.69 Å². The molecule has 0 atom stereocenters. The van der Waals surface area contributed by atoms with Crippen molar-refractivity contribution in [3.8, 4) is 0 Å². The lowest BCUT2D eigenvalue weighted by molar-refractivity contribution is 0.0639. The summed E-state index contributed by atoms with van der Waals surface area (Å²) in [5, 5.41) is 9.95. The fourth-order valence-corrected chi connectivity index (χ4v) is 2.35. The monoisotopic (exact) mass is 283 g/mol. The van der Waals surface area contributed by atoms with Crippen LogP contribution in [0.25, 0.3) is 0 Å². The number of nitrogens with zero attached hydrogens (tertiary/aromatic N) is 2.